The molecule has 0 spiro atoms. The van der Waals surface area contributed by atoms with E-state index in [2.05, 4.69) is 39.8 Å². The van der Waals surface area contributed by atoms with E-state index in [9.17, 15) is 10.2 Å². The molecule has 0 aromatic heterocycles. The maximum absolute atomic E-state index is 9.57. The SMILES string of the molecule is CC(C)=CC(SC(C=C(C)C)c1ccc(O)cc1)c1ccc(O)cc1. The van der Waals surface area contributed by atoms with Gasteiger partial charge in [-0.15, -0.1) is 11.8 Å². The molecule has 0 aliphatic carbocycles. The molecule has 0 bridgehead atoms. The zero-order valence-corrected chi connectivity index (χ0v) is 16.0. The van der Waals surface area contributed by atoms with Crippen LogP contribution >= 0.6 is 11.8 Å². The summed E-state index contributed by atoms with van der Waals surface area (Å²) in [7, 11) is 0. The predicted molar refractivity (Wildman–Crippen MR) is 108 cm³/mol. The average molecular weight is 355 g/mol. The lowest BCUT2D eigenvalue weighted by Crippen LogP contribution is -1.98. The van der Waals surface area contributed by atoms with Crippen LogP contribution in [0.25, 0.3) is 0 Å². The fourth-order valence-corrected chi connectivity index (χ4v) is 4.17. The summed E-state index contributed by atoms with van der Waals surface area (Å²) in [4.78, 5) is 0. The van der Waals surface area contributed by atoms with E-state index in [1.54, 1.807) is 24.3 Å². The van der Waals surface area contributed by atoms with Crippen LogP contribution in [-0.4, -0.2) is 10.2 Å². The van der Waals surface area contributed by atoms with Gasteiger partial charge in [0.05, 0.1) is 0 Å². The lowest BCUT2D eigenvalue weighted by Gasteiger charge is -2.21. The maximum atomic E-state index is 9.57. The highest BCUT2D eigenvalue weighted by Crippen LogP contribution is 2.43. The summed E-state index contributed by atoms with van der Waals surface area (Å²) in [6.45, 7) is 8.41. The third kappa shape index (κ3) is 6.02. The first-order valence-corrected chi connectivity index (χ1v) is 9.33. The third-order valence-electron chi connectivity index (χ3n) is 3.71. The number of allylic oxidation sites excluding steroid dienone is 2. The molecule has 0 saturated carbocycles. The van der Waals surface area contributed by atoms with E-state index >= 15 is 0 Å². The Bertz CT molecular complexity index is 669. The molecule has 0 amide bonds. The average Bonchev–Trinajstić information content (AvgIpc) is 2.54. The van der Waals surface area contributed by atoms with Gasteiger partial charge in [0.15, 0.2) is 0 Å². The Balaban J connectivity index is 2.37. The molecule has 2 N–H and O–H groups in total. The fraction of sp³-hybridized carbons (Fsp3) is 0.273. The minimum atomic E-state index is 0.181. The Kier molecular flexibility index (Phi) is 6.77. The van der Waals surface area contributed by atoms with E-state index < -0.39 is 0 Å². The number of benzene rings is 2. The number of thioether (sulfide) groups is 1. The second kappa shape index (κ2) is 8.82. The minimum absolute atomic E-state index is 0.181. The molecule has 0 fully saturated rings. The van der Waals surface area contributed by atoms with E-state index in [0.29, 0.717) is 0 Å². The Morgan fingerprint density at radius 3 is 1.28 bits per heavy atom. The van der Waals surface area contributed by atoms with Crippen LogP contribution in [0, 0.1) is 0 Å². The van der Waals surface area contributed by atoms with Crippen LogP contribution < -0.4 is 0 Å². The molecule has 2 aromatic rings. The van der Waals surface area contributed by atoms with E-state index in [1.807, 2.05) is 36.0 Å². The van der Waals surface area contributed by atoms with Gasteiger partial charge < -0.3 is 10.2 Å². The second-order valence-corrected chi connectivity index (χ2v) is 7.94. The summed E-state index contributed by atoms with van der Waals surface area (Å²) in [6, 6.07) is 14.8. The topological polar surface area (TPSA) is 40.5 Å². The maximum Gasteiger partial charge on any atom is 0.115 e. The van der Waals surface area contributed by atoms with Crippen molar-refractivity contribution in [1.82, 2.24) is 0 Å². The van der Waals surface area contributed by atoms with Gasteiger partial charge in [-0.25, -0.2) is 0 Å². The van der Waals surface area contributed by atoms with Gasteiger partial charge in [0, 0.05) is 10.5 Å². The molecule has 2 rings (SSSR count). The summed E-state index contributed by atoms with van der Waals surface area (Å²) in [5, 5.41) is 19.5. The molecule has 0 heterocycles. The molecule has 0 saturated heterocycles. The first-order valence-electron chi connectivity index (χ1n) is 8.38. The van der Waals surface area contributed by atoms with Crippen molar-refractivity contribution < 1.29 is 10.2 Å². The highest BCUT2D eigenvalue weighted by Gasteiger charge is 2.17. The van der Waals surface area contributed by atoms with Crippen LogP contribution in [0.15, 0.2) is 71.8 Å². The van der Waals surface area contributed by atoms with E-state index in [-0.39, 0.29) is 22.0 Å². The lowest BCUT2D eigenvalue weighted by atomic mass is 10.1. The lowest BCUT2D eigenvalue weighted by molar-refractivity contribution is 0.474. The van der Waals surface area contributed by atoms with Gasteiger partial charge in [-0.05, 0) is 63.1 Å². The highest BCUT2D eigenvalue weighted by molar-refractivity contribution is 8.00. The number of phenolic OH excluding ortho intramolecular Hbond substituents is 2. The van der Waals surface area contributed by atoms with Gasteiger partial charge >= 0.3 is 0 Å². The molecule has 132 valence electrons. The van der Waals surface area contributed by atoms with Crippen molar-refractivity contribution in [2.24, 2.45) is 0 Å². The van der Waals surface area contributed by atoms with Gasteiger partial charge in [-0.2, -0.15) is 0 Å². The van der Waals surface area contributed by atoms with Crippen LogP contribution in [0.1, 0.15) is 49.3 Å². The standard InChI is InChI=1S/C22H26O2S/c1-15(2)13-21(17-5-9-19(23)10-6-17)25-22(14-16(3)4)18-7-11-20(24)12-8-18/h5-14,21-24H,1-4H3. The first kappa shape index (κ1) is 19.2. The summed E-state index contributed by atoms with van der Waals surface area (Å²) in [6.07, 6.45) is 4.51. The van der Waals surface area contributed by atoms with Gasteiger partial charge in [0.2, 0.25) is 0 Å². The predicted octanol–water partition coefficient (Wildman–Crippen LogP) is 6.55. The van der Waals surface area contributed by atoms with Crippen LogP contribution in [0.5, 0.6) is 11.5 Å². The molecule has 2 nitrogen and oxygen atoms in total. The number of phenols is 2. The van der Waals surface area contributed by atoms with E-state index in [0.717, 1.165) is 11.1 Å². The Labute approximate surface area is 154 Å². The normalized spacial score (nSPS) is 13.0. The number of rotatable bonds is 6. The van der Waals surface area contributed by atoms with Crippen LogP contribution in [0.4, 0.5) is 0 Å². The Morgan fingerprint density at radius 2 is 1.00 bits per heavy atom. The molecule has 2 atom stereocenters. The van der Waals surface area contributed by atoms with E-state index in [4.69, 9.17) is 0 Å². The van der Waals surface area contributed by atoms with Crippen LogP contribution in [0.2, 0.25) is 0 Å². The number of hydrogen-bond donors (Lipinski definition) is 2. The minimum Gasteiger partial charge on any atom is -0.508 e. The summed E-state index contributed by atoms with van der Waals surface area (Å²) >= 11 is 1.85. The monoisotopic (exact) mass is 354 g/mol. The third-order valence-corrected chi connectivity index (χ3v) is 5.11. The molecule has 0 radical (unpaired) electrons. The van der Waals surface area contributed by atoms with Crippen molar-refractivity contribution in [3.05, 3.63) is 83.0 Å². The number of hydrogen-bond acceptors (Lipinski definition) is 3. The molecule has 2 aromatic carbocycles. The summed E-state index contributed by atoms with van der Waals surface area (Å²) < 4.78 is 0. The second-order valence-electron chi connectivity index (χ2n) is 6.65. The fourth-order valence-electron chi connectivity index (χ4n) is 2.52. The van der Waals surface area contributed by atoms with Gasteiger partial charge in [0.1, 0.15) is 11.5 Å². The van der Waals surface area contributed by atoms with Gasteiger partial charge in [-0.1, -0.05) is 47.6 Å². The largest absolute Gasteiger partial charge is 0.508 e. The highest BCUT2D eigenvalue weighted by atomic mass is 32.2. The quantitative estimate of drug-likeness (QED) is 0.578. The van der Waals surface area contributed by atoms with Crippen molar-refractivity contribution in [3.8, 4) is 11.5 Å². The van der Waals surface area contributed by atoms with Crippen LogP contribution in [0.3, 0.4) is 0 Å². The van der Waals surface area contributed by atoms with Crippen molar-refractivity contribution >= 4 is 11.8 Å². The molecule has 2 unspecified atom stereocenters. The Hall–Kier alpha value is -2.13. The zero-order valence-electron chi connectivity index (χ0n) is 15.2. The summed E-state index contributed by atoms with van der Waals surface area (Å²) in [5.74, 6) is 0.563. The molecule has 0 aliphatic heterocycles. The van der Waals surface area contributed by atoms with Gasteiger partial charge in [-0.3, -0.25) is 0 Å². The smallest absolute Gasteiger partial charge is 0.115 e. The molecule has 25 heavy (non-hydrogen) atoms. The molecule has 3 heteroatoms. The van der Waals surface area contributed by atoms with Crippen LogP contribution in [-0.2, 0) is 0 Å². The number of aromatic hydroxyl groups is 2. The molecular weight excluding hydrogens is 328 g/mol. The van der Waals surface area contributed by atoms with Crippen molar-refractivity contribution in [2.45, 2.75) is 38.2 Å². The first-order chi connectivity index (χ1) is 11.8. The Morgan fingerprint density at radius 1 is 0.680 bits per heavy atom. The van der Waals surface area contributed by atoms with Crippen molar-refractivity contribution in [3.63, 3.8) is 0 Å². The van der Waals surface area contributed by atoms with Gasteiger partial charge in [0.25, 0.3) is 0 Å². The summed E-state index contributed by atoms with van der Waals surface area (Å²) in [5.41, 5.74) is 4.84. The molecular formula is C22H26O2S. The zero-order chi connectivity index (χ0) is 18.4. The van der Waals surface area contributed by atoms with Crippen molar-refractivity contribution in [1.29, 1.82) is 0 Å². The molecule has 0 aliphatic rings. The van der Waals surface area contributed by atoms with Crippen molar-refractivity contribution in [2.75, 3.05) is 0 Å². The van der Waals surface area contributed by atoms with E-state index in [1.165, 1.54) is 11.1 Å².